The second kappa shape index (κ2) is 6.14. The van der Waals surface area contributed by atoms with Gasteiger partial charge in [0.15, 0.2) is 0 Å². The van der Waals surface area contributed by atoms with Crippen LogP contribution in [0.15, 0.2) is 22.3 Å². The van der Waals surface area contributed by atoms with Gasteiger partial charge in [-0.25, -0.2) is 9.78 Å². The van der Waals surface area contributed by atoms with Crippen LogP contribution in [-0.4, -0.2) is 15.9 Å². The van der Waals surface area contributed by atoms with Crippen LogP contribution in [0, 0.1) is 5.92 Å². The van der Waals surface area contributed by atoms with Gasteiger partial charge in [-0.2, -0.15) is 0 Å². The topological polar surface area (TPSA) is 72.0 Å². The third kappa shape index (κ3) is 2.89. The van der Waals surface area contributed by atoms with Gasteiger partial charge in [0.1, 0.15) is 22.0 Å². The zero-order valence-electron chi connectivity index (χ0n) is 13.1. The van der Waals surface area contributed by atoms with Crippen LogP contribution < -0.4 is 5.56 Å². The summed E-state index contributed by atoms with van der Waals surface area (Å²) in [5.74, 6) is 0.687. The number of nitrogens with one attached hydrogen (secondary N) is 1. The summed E-state index contributed by atoms with van der Waals surface area (Å²) in [6.07, 6.45) is 3.24. The fourth-order valence-corrected chi connectivity index (χ4v) is 4.83. The van der Waals surface area contributed by atoms with Gasteiger partial charge < -0.3 is 9.72 Å². The molecular weight excluding hydrogens is 344 g/mol. The van der Waals surface area contributed by atoms with Crippen molar-refractivity contribution in [2.45, 2.75) is 32.8 Å². The number of H-pyrrole nitrogens is 1. The summed E-state index contributed by atoms with van der Waals surface area (Å²) in [7, 11) is 0. The first-order valence-corrected chi connectivity index (χ1v) is 9.55. The molecule has 0 fully saturated rings. The summed E-state index contributed by atoms with van der Waals surface area (Å²) in [5.41, 5.74) is 1.72. The lowest BCUT2D eigenvalue weighted by atomic mass is 9.90. The Morgan fingerprint density at radius 2 is 2.38 bits per heavy atom. The number of aryl methyl sites for hydroxylation is 1. The summed E-state index contributed by atoms with van der Waals surface area (Å²) in [5, 5.41) is 1.82. The molecule has 1 aliphatic carbocycles. The minimum absolute atomic E-state index is 0.0289. The zero-order chi connectivity index (χ0) is 16.7. The number of rotatable bonds is 3. The number of esters is 1. The van der Waals surface area contributed by atoms with E-state index in [1.807, 2.05) is 11.4 Å². The molecule has 3 aromatic rings. The van der Waals surface area contributed by atoms with Crippen LogP contribution in [0.2, 0.25) is 0 Å². The largest absolute Gasteiger partial charge is 0.453 e. The number of nitrogens with zero attached hydrogens (tertiary/aromatic N) is 1. The van der Waals surface area contributed by atoms with E-state index in [0.29, 0.717) is 26.8 Å². The van der Waals surface area contributed by atoms with Gasteiger partial charge in [0.25, 0.3) is 5.56 Å². The highest BCUT2D eigenvalue weighted by Gasteiger charge is 2.21. The van der Waals surface area contributed by atoms with Crippen molar-refractivity contribution in [1.29, 1.82) is 0 Å². The Kier molecular flexibility index (Phi) is 3.97. The highest BCUT2D eigenvalue weighted by molar-refractivity contribution is 7.17. The van der Waals surface area contributed by atoms with Crippen LogP contribution in [0.5, 0.6) is 0 Å². The average molecular weight is 360 g/mol. The number of hydrogen-bond acceptors (Lipinski definition) is 6. The van der Waals surface area contributed by atoms with Crippen LogP contribution >= 0.6 is 22.7 Å². The molecule has 0 amide bonds. The molecule has 3 aromatic heterocycles. The van der Waals surface area contributed by atoms with Crippen LogP contribution in [0.3, 0.4) is 0 Å². The molecular formula is C17H16N2O3S2. The maximum absolute atomic E-state index is 12.3. The van der Waals surface area contributed by atoms with Crippen molar-refractivity contribution < 1.29 is 9.53 Å². The van der Waals surface area contributed by atoms with Crippen molar-refractivity contribution in [2.75, 3.05) is 0 Å². The Morgan fingerprint density at radius 1 is 1.50 bits per heavy atom. The molecule has 5 nitrogen and oxygen atoms in total. The lowest BCUT2D eigenvalue weighted by molar-refractivity contribution is 0.0468. The molecule has 0 saturated carbocycles. The fourth-order valence-electron chi connectivity index (χ4n) is 3.00. The van der Waals surface area contributed by atoms with Crippen molar-refractivity contribution in [3.63, 3.8) is 0 Å². The third-order valence-electron chi connectivity index (χ3n) is 4.23. The molecule has 124 valence electrons. The van der Waals surface area contributed by atoms with Gasteiger partial charge >= 0.3 is 5.97 Å². The van der Waals surface area contributed by atoms with Crippen molar-refractivity contribution >= 4 is 38.9 Å². The molecule has 0 saturated heterocycles. The Labute approximate surface area is 146 Å². The zero-order valence-corrected chi connectivity index (χ0v) is 14.8. The van der Waals surface area contributed by atoms with Gasteiger partial charge in [0.2, 0.25) is 0 Å². The van der Waals surface area contributed by atoms with E-state index in [-0.39, 0.29) is 18.1 Å². The van der Waals surface area contributed by atoms with Crippen molar-refractivity contribution in [3.05, 3.63) is 49.0 Å². The monoisotopic (exact) mass is 360 g/mol. The maximum Gasteiger partial charge on any atom is 0.348 e. The van der Waals surface area contributed by atoms with E-state index in [1.54, 1.807) is 6.07 Å². The van der Waals surface area contributed by atoms with E-state index in [4.69, 9.17) is 4.74 Å². The first-order valence-electron chi connectivity index (χ1n) is 7.85. The summed E-state index contributed by atoms with van der Waals surface area (Å²) in [6, 6.07) is 3.74. The first-order chi connectivity index (χ1) is 11.6. The van der Waals surface area contributed by atoms with E-state index in [0.717, 1.165) is 12.8 Å². The van der Waals surface area contributed by atoms with E-state index in [9.17, 15) is 9.59 Å². The molecule has 0 spiro atoms. The maximum atomic E-state index is 12.3. The summed E-state index contributed by atoms with van der Waals surface area (Å²) in [4.78, 5) is 33.1. The van der Waals surface area contributed by atoms with Crippen molar-refractivity contribution in [3.8, 4) is 0 Å². The lowest BCUT2D eigenvalue weighted by Gasteiger charge is -2.16. The standard InChI is InChI=1S/C17H16N2O3S2/c1-9-2-3-12-10(6-9)7-13(24-12)17(21)22-8-14-18-11-4-5-23-15(11)16(20)19-14/h4-5,7,9H,2-3,6,8H2,1H3,(H,18,19,20)/t9-/m1/s1. The molecule has 4 rings (SSSR count). The SMILES string of the molecule is C[C@@H]1CCc2sc(C(=O)OCc3nc4ccsc4c(=O)[nH]3)cc2C1. The van der Waals surface area contributed by atoms with Crippen molar-refractivity contribution in [2.24, 2.45) is 5.92 Å². The molecule has 0 bridgehead atoms. The normalized spacial score (nSPS) is 17.0. The number of ether oxygens (including phenoxy) is 1. The van der Waals surface area contributed by atoms with Gasteiger partial charge in [0.05, 0.1) is 5.52 Å². The summed E-state index contributed by atoms with van der Waals surface area (Å²) < 4.78 is 5.93. The average Bonchev–Trinajstić information content (AvgIpc) is 3.18. The third-order valence-corrected chi connectivity index (χ3v) is 6.35. The van der Waals surface area contributed by atoms with Gasteiger partial charge in [-0.05, 0) is 48.3 Å². The van der Waals surface area contributed by atoms with Crippen LogP contribution in [0.1, 0.15) is 39.3 Å². The predicted molar refractivity (Wildman–Crippen MR) is 94.9 cm³/mol. The van der Waals surface area contributed by atoms with Crippen molar-refractivity contribution in [1.82, 2.24) is 9.97 Å². The Morgan fingerprint density at radius 3 is 3.25 bits per heavy atom. The molecule has 0 radical (unpaired) electrons. The fraction of sp³-hybridized carbons (Fsp3) is 0.353. The highest BCUT2D eigenvalue weighted by Crippen LogP contribution is 2.32. The van der Waals surface area contributed by atoms with E-state index < -0.39 is 0 Å². The molecule has 7 heteroatoms. The number of hydrogen-bond donors (Lipinski definition) is 1. The lowest BCUT2D eigenvalue weighted by Crippen LogP contribution is -2.13. The van der Waals surface area contributed by atoms with Crippen LogP contribution in [0.4, 0.5) is 0 Å². The van der Waals surface area contributed by atoms with Crippen LogP contribution in [-0.2, 0) is 24.2 Å². The second-order valence-corrected chi connectivity index (χ2v) is 8.18. The quantitative estimate of drug-likeness (QED) is 0.725. The number of carbonyl (C=O) groups is 1. The second-order valence-electron chi connectivity index (χ2n) is 6.13. The molecule has 1 aliphatic rings. The summed E-state index contributed by atoms with van der Waals surface area (Å²) >= 11 is 2.87. The molecule has 0 unspecified atom stereocenters. The molecule has 0 aliphatic heterocycles. The van der Waals surface area contributed by atoms with E-state index >= 15 is 0 Å². The Hall–Kier alpha value is -1.99. The Balaban J connectivity index is 1.49. The number of carbonyl (C=O) groups excluding carboxylic acids is 1. The Bertz CT molecular complexity index is 970. The van der Waals surface area contributed by atoms with Gasteiger partial charge in [-0.3, -0.25) is 4.79 Å². The number of aromatic amines is 1. The van der Waals surface area contributed by atoms with E-state index in [1.165, 1.54) is 39.5 Å². The first kappa shape index (κ1) is 15.5. The van der Waals surface area contributed by atoms with E-state index in [2.05, 4.69) is 16.9 Å². The molecule has 3 heterocycles. The molecule has 0 aromatic carbocycles. The predicted octanol–water partition coefficient (Wildman–Crippen LogP) is 3.53. The smallest absolute Gasteiger partial charge is 0.348 e. The van der Waals surface area contributed by atoms with Crippen LogP contribution in [0.25, 0.3) is 10.2 Å². The molecule has 24 heavy (non-hydrogen) atoms. The number of fused-ring (bicyclic) bond motifs is 2. The minimum atomic E-state index is -0.352. The number of thiophene rings is 2. The summed E-state index contributed by atoms with van der Waals surface area (Å²) in [6.45, 7) is 2.21. The van der Waals surface area contributed by atoms with Gasteiger partial charge in [-0.1, -0.05) is 6.92 Å². The van der Waals surface area contributed by atoms with Gasteiger partial charge in [-0.15, -0.1) is 22.7 Å². The minimum Gasteiger partial charge on any atom is -0.453 e. The molecule has 1 N–H and O–H groups in total. The highest BCUT2D eigenvalue weighted by atomic mass is 32.1. The molecule has 1 atom stereocenters. The van der Waals surface area contributed by atoms with Gasteiger partial charge in [0, 0.05) is 4.88 Å². The number of aromatic nitrogens is 2.